The highest BCUT2D eigenvalue weighted by Gasteiger charge is 2.18. The Labute approximate surface area is 184 Å². The molecule has 0 aliphatic carbocycles. The quantitative estimate of drug-likeness (QED) is 0.311. The third kappa shape index (κ3) is 4.72. The molecule has 0 atom stereocenters. The first-order valence-corrected chi connectivity index (χ1v) is 10.1. The first kappa shape index (κ1) is 21.4. The molecule has 0 spiro atoms. The van der Waals surface area contributed by atoms with Gasteiger partial charge in [-0.25, -0.2) is 9.18 Å². The summed E-state index contributed by atoms with van der Waals surface area (Å²) in [4.78, 5) is 24.6. The molecule has 2 heterocycles. The van der Waals surface area contributed by atoms with E-state index in [0.29, 0.717) is 23.4 Å². The predicted octanol–water partition coefficient (Wildman–Crippen LogP) is 4.46. The SMILES string of the molecule is Cc1cc(C(=O)COC(=O)C=Cc2cccc(F)c2)c(C)n1Cc1ccc2c(c1)OCO2. The van der Waals surface area contributed by atoms with Gasteiger partial charge in [-0.05, 0) is 61.4 Å². The first-order chi connectivity index (χ1) is 15.4. The summed E-state index contributed by atoms with van der Waals surface area (Å²) in [5, 5.41) is 0. The van der Waals surface area contributed by atoms with Crippen molar-refractivity contribution in [2.24, 2.45) is 0 Å². The zero-order chi connectivity index (χ0) is 22.7. The van der Waals surface area contributed by atoms with Gasteiger partial charge in [0.2, 0.25) is 12.6 Å². The molecule has 0 unspecified atom stereocenters. The van der Waals surface area contributed by atoms with Gasteiger partial charge in [-0.15, -0.1) is 0 Å². The van der Waals surface area contributed by atoms with Gasteiger partial charge in [0, 0.05) is 29.6 Å². The van der Waals surface area contributed by atoms with Crippen LogP contribution < -0.4 is 9.47 Å². The van der Waals surface area contributed by atoms with Crippen molar-refractivity contribution in [3.63, 3.8) is 0 Å². The lowest BCUT2D eigenvalue weighted by Crippen LogP contribution is -2.13. The van der Waals surface area contributed by atoms with Crippen LogP contribution in [0.1, 0.15) is 32.9 Å². The van der Waals surface area contributed by atoms with Crippen molar-refractivity contribution in [1.29, 1.82) is 0 Å². The topological polar surface area (TPSA) is 66.8 Å². The van der Waals surface area contributed by atoms with Crippen LogP contribution in [-0.4, -0.2) is 29.7 Å². The molecule has 2 aromatic carbocycles. The second kappa shape index (κ2) is 9.09. The number of hydrogen-bond donors (Lipinski definition) is 0. The molecule has 164 valence electrons. The highest BCUT2D eigenvalue weighted by Crippen LogP contribution is 2.33. The second-order valence-corrected chi connectivity index (χ2v) is 7.48. The lowest BCUT2D eigenvalue weighted by Gasteiger charge is -2.10. The minimum Gasteiger partial charge on any atom is -0.454 e. The third-order valence-electron chi connectivity index (χ3n) is 5.26. The molecular weight excluding hydrogens is 413 g/mol. The number of carbonyl (C=O) groups excluding carboxylic acids is 2. The lowest BCUT2D eigenvalue weighted by atomic mass is 10.1. The summed E-state index contributed by atoms with van der Waals surface area (Å²) < 4.78 is 31.1. The van der Waals surface area contributed by atoms with Crippen LogP contribution >= 0.6 is 0 Å². The van der Waals surface area contributed by atoms with Gasteiger partial charge in [-0.2, -0.15) is 0 Å². The fraction of sp³-hybridized carbons (Fsp3) is 0.200. The van der Waals surface area contributed by atoms with E-state index in [0.717, 1.165) is 22.7 Å². The molecule has 0 saturated carbocycles. The van der Waals surface area contributed by atoms with Crippen LogP contribution in [-0.2, 0) is 16.1 Å². The van der Waals surface area contributed by atoms with Gasteiger partial charge < -0.3 is 18.8 Å². The molecule has 1 aliphatic rings. The molecule has 1 aromatic heterocycles. The van der Waals surface area contributed by atoms with E-state index >= 15 is 0 Å². The zero-order valence-electron chi connectivity index (χ0n) is 17.8. The number of Topliss-reactive ketones (excluding diaryl/α,β-unsaturated/α-hetero) is 1. The van der Waals surface area contributed by atoms with E-state index in [-0.39, 0.29) is 19.2 Å². The van der Waals surface area contributed by atoms with Gasteiger partial charge >= 0.3 is 5.97 Å². The molecule has 0 amide bonds. The van der Waals surface area contributed by atoms with Crippen LogP contribution in [0.25, 0.3) is 6.08 Å². The summed E-state index contributed by atoms with van der Waals surface area (Å²) in [5.41, 5.74) is 3.76. The maximum atomic E-state index is 13.2. The molecule has 3 aromatic rings. The Balaban J connectivity index is 1.39. The number of nitrogens with zero attached hydrogens (tertiary/aromatic N) is 1. The van der Waals surface area contributed by atoms with E-state index in [2.05, 4.69) is 0 Å². The number of aromatic nitrogens is 1. The standard InChI is InChI=1S/C25H22FNO5/c1-16-10-21(17(2)27(16)13-19-6-8-23-24(12-19)32-15-31-23)22(28)14-30-25(29)9-7-18-4-3-5-20(26)11-18/h3-12H,13-15H2,1-2H3. The summed E-state index contributed by atoms with van der Waals surface area (Å²) in [6.07, 6.45) is 2.61. The molecule has 0 fully saturated rings. The monoisotopic (exact) mass is 435 g/mol. The van der Waals surface area contributed by atoms with Crippen LogP contribution in [0.3, 0.4) is 0 Å². The fourth-order valence-corrected chi connectivity index (χ4v) is 3.59. The summed E-state index contributed by atoms with van der Waals surface area (Å²) in [5.74, 6) is 0.0735. The Morgan fingerprint density at radius 1 is 1.09 bits per heavy atom. The summed E-state index contributed by atoms with van der Waals surface area (Å²) in [6, 6.07) is 13.4. The van der Waals surface area contributed by atoms with E-state index in [9.17, 15) is 14.0 Å². The minimum atomic E-state index is -0.670. The molecule has 0 radical (unpaired) electrons. The average molecular weight is 435 g/mol. The summed E-state index contributed by atoms with van der Waals surface area (Å²) in [6.45, 7) is 4.19. The van der Waals surface area contributed by atoms with E-state index in [1.165, 1.54) is 24.3 Å². The molecular formula is C25H22FNO5. The van der Waals surface area contributed by atoms with Crippen LogP contribution in [0.5, 0.6) is 11.5 Å². The lowest BCUT2D eigenvalue weighted by molar-refractivity contribution is -0.136. The van der Waals surface area contributed by atoms with Crippen LogP contribution in [0.4, 0.5) is 4.39 Å². The first-order valence-electron chi connectivity index (χ1n) is 10.1. The zero-order valence-corrected chi connectivity index (χ0v) is 17.8. The van der Waals surface area contributed by atoms with Crippen LogP contribution in [0.2, 0.25) is 0 Å². The minimum absolute atomic E-state index is 0.217. The Bertz CT molecular complexity index is 1210. The predicted molar refractivity (Wildman–Crippen MR) is 116 cm³/mol. The highest BCUT2D eigenvalue weighted by molar-refractivity contribution is 6.00. The van der Waals surface area contributed by atoms with Gasteiger partial charge in [0.25, 0.3) is 0 Å². The third-order valence-corrected chi connectivity index (χ3v) is 5.26. The summed E-state index contributed by atoms with van der Waals surface area (Å²) >= 11 is 0. The van der Waals surface area contributed by atoms with Gasteiger partial charge in [0.1, 0.15) is 5.82 Å². The number of halogens is 1. The van der Waals surface area contributed by atoms with Gasteiger partial charge in [-0.1, -0.05) is 18.2 Å². The second-order valence-electron chi connectivity index (χ2n) is 7.48. The van der Waals surface area contributed by atoms with Crippen molar-refractivity contribution in [3.8, 4) is 11.5 Å². The van der Waals surface area contributed by atoms with E-state index < -0.39 is 11.8 Å². The number of esters is 1. The number of rotatable bonds is 7. The van der Waals surface area contributed by atoms with Gasteiger partial charge in [0.05, 0.1) is 0 Å². The van der Waals surface area contributed by atoms with E-state index in [1.54, 1.807) is 18.2 Å². The molecule has 7 heteroatoms. The van der Waals surface area contributed by atoms with Gasteiger partial charge in [0.15, 0.2) is 18.1 Å². The molecule has 4 rings (SSSR count). The van der Waals surface area contributed by atoms with Crippen molar-refractivity contribution in [3.05, 3.63) is 88.5 Å². The number of ether oxygens (including phenoxy) is 3. The normalized spacial score (nSPS) is 12.3. The smallest absolute Gasteiger partial charge is 0.331 e. The average Bonchev–Trinajstić information content (AvgIpc) is 3.35. The molecule has 0 saturated heterocycles. The van der Waals surface area contributed by atoms with Crippen LogP contribution in [0.15, 0.2) is 54.6 Å². The van der Waals surface area contributed by atoms with E-state index in [4.69, 9.17) is 14.2 Å². The number of ketones is 1. The van der Waals surface area contributed by atoms with Crippen molar-refractivity contribution in [2.75, 3.05) is 13.4 Å². The molecule has 6 nitrogen and oxygen atoms in total. The summed E-state index contributed by atoms with van der Waals surface area (Å²) in [7, 11) is 0. The number of hydrogen-bond acceptors (Lipinski definition) is 5. The maximum Gasteiger partial charge on any atom is 0.331 e. The molecule has 0 N–H and O–H groups in total. The Morgan fingerprint density at radius 3 is 2.72 bits per heavy atom. The van der Waals surface area contributed by atoms with Crippen molar-refractivity contribution < 1.29 is 28.2 Å². The van der Waals surface area contributed by atoms with Crippen molar-refractivity contribution in [2.45, 2.75) is 20.4 Å². The Kier molecular flexibility index (Phi) is 6.07. The highest BCUT2D eigenvalue weighted by atomic mass is 19.1. The molecule has 0 bridgehead atoms. The number of fused-ring (bicyclic) bond motifs is 1. The number of carbonyl (C=O) groups is 2. The van der Waals surface area contributed by atoms with Crippen LogP contribution in [0, 0.1) is 19.7 Å². The maximum absolute atomic E-state index is 13.2. The number of aryl methyl sites for hydroxylation is 1. The van der Waals surface area contributed by atoms with Gasteiger partial charge in [-0.3, -0.25) is 4.79 Å². The largest absolute Gasteiger partial charge is 0.454 e. The molecule has 32 heavy (non-hydrogen) atoms. The van der Waals surface area contributed by atoms with Crippen molar-refractivity contribution >= 4 is 17.8 Å². The number of benzene rings is 2. The van der Waals surface area contributed by atoms with E-state index in [1.807, 2.05) is 36.6 Å². The Hall–Kier alpha value is -3.87. The fourth-order valence-electron chi connectivity index (χ4n) is 3.59. The van der Waals surface area contributed by atoms with Crippen molar-refractivity contribution in [1.82, 2.24) is 4.57 Å². The Morgan fingerprint density at radius 2 is 1.91 bits per heavy atom. The molecule has 1 aliphatic heterocycles.